The van der Waals surface area contributed by atoms with Gasteiger partial charge in [-0.2, -0.15) is 0 Å². The second-order valence-corrected chi connectivity index (χ2v) is 5.61. The van der Waals surface area contributed by atoms with Gasteiger partial charge in [0.15, 0.2) is 0 Å². The molecule has 0 aliphatic carbocycles. The Kier molecular flexibility index (Phi) is 4.47. The van der Waals surface area contributed by atoms with Crippen LogP contribution in [-0.4, -0.2) is 45.8 Å². The number of carbonyl (C=O) groups is 2. The van der Waals surface area contributed by atoms with Crippen molar-refractivity contribution in [1.82, 2.24) is 4.90 Å². The molecule has 2 amide bonds. The number of amides is 2. The van der Waals surface area contributed by atoms with E-state index in [2.05, 4.69) is 19.2 Å². The number of carbonyl (C=O) groups excluding carboxylic acids is 1. The molecule has 6 nitrogen and oxygen atoms in total. The van der Waals surface area contributed by atoms with E-state index < -0.39 is 24.1 Å². The Labute approximate surface area is 123 Å². The third kappa shape index (κ3) is 3.52. The number of aliphatic carboxylic acids is 1. The third-order valence-electron chi connectivity index (χ3n) is 3.63. The first-order chi connectivity index (χ1) is 9.88. The first-order valence-corrected chi connectivity index (χ1v) is 6.97. The van der Waals surface area contributed by atoms with E-state index in [1.165, 1.54) is 0 Å². The van der Waals surface area contributed by atoms with Crippen molar-refractivity contribution in [2.45, 2.75) is 38.3 Å². The number of likely N-dealkylation sites (tertiary alicyclic amines) is 1. The summed E-state index contributed by atoms with van der Waals surface area (Å²) < 4.78 is 0. The second-order valence-electron chi connectivity index (χ2n) is 5.61. The molecule has 2 rings (SSSR count). The van der Waals surface area contributed by atoms with Gasteiger partial charge in [-0.15, -0.1) is 0 Å². The van der Waals surface area contributed by atoms with E-state index in [9.17, 15) is 14.7 Å². The molecule has 0 radical (unpaired) electrons. The minimum absolute atomic E-state index is 0.0344. The standard InChI is InChI=1S/C15H20N2O4/c1-9(2)10-4-3-5-11(6-10)16-15(21)17-8-12(18)7-13(17)14(19)20/h3-6,9,12-13,18H,7-8H2,1-2H3,(H,16,21)(H,19,20). The van der Waals surface area contributed by atoms with Gasteiger partial charge in [0.05, 0.1) is 6.10 Å². The van der Waals surface area contributed by atoms with Crippen LogP contribution in [0.1, 0.15) is 31.7 Å². The van der Waals surface area contributed by atoms with Crippen LogP contribution in [0.4, 0.5) is 10.5 Å². The maximum atomic E-state index is 12.2. The van der Waals surface area contributed by atoms with Crippen molar-refractivity contribution >= 4 is 17.7 Å². The zero-order valence-corrected chi connectivity index (χ0v) is 12.1. The molecule has 2 atom stereocenters. The lowest BCUT2D eigenvalue weighted by Gasteiger charge is -2.21. The van der Waals surface area contributed by atoms with E-state index in [0.29, 0.717) is 11.6 Å². The minimum atomic E-state index is -1.10. The van der Waals surface area contributed by atoms with Crippen LogP contribution in [0.15, 0.2) is 24.3 Å². The van der Waals surface area contributed by atoms with Crippen LogP contribution in [0, 0.1) is 0 Å². The lowest BCUT2D eigenvalue weighted by molar-refractivity contribution is -0.141. The summed E-state index contributed by atoms with van der Waals surface area (Å²) >= 11 is 0. The van der Waals surface area contributed by atoms with E-state index in [1.54, 1.807) is 6.07 Å². The monoisotopic (exact) mass is 292 g/mol. The summed E-state index contributed by atoms with van der Waals surface area (Å²) in [6, 6.07) is 5.96. The zero-order chi connectivity index (χ0) is 15.6. The fraction of sp³-hybridized carbons (Fsp3) is 0.467. The van der Waals surface area contributed by atoms with Gasteiger partial charge in [-0.25, -0.2) is 9.59 Å². The predicted molar refractivity (Wildman–Crippen MR) is 78.3 cm³/mol. The molecule has 1 saturated heterocycles. The highest BCUT2D eigenvalue weighted by molar-refractivity contribution is 5.92. The first kappa shape index (κ1) is 15.3. The number of nitrogens with one attached hydrogen (secondary N) is 1. The van der Waals surface area contributed by atoms with Gasteiger partial charge in [-0.1, -0.05) is 26.0 Å². The average molecular weight is 292 g/mol. The number of carboxylic acids is 1. The summed E-state index contributed by atoms with van der Waals surface area (Å²) in [7, 11) is 0. The second kappa shape index (κ2) is 6.13. The summed E-state index contributed by atoms with van der Waals surface area (Å²) in [6.07, 6.45) is -0.728. The van der Waals surface area contributed by atoms with E-state index in [1.807, 2.05) is 18.2 Å². The van der Waals surface area contributed by atoms with Crippen LogP contribution in [-0.2, 0) is 4.79 Å². The maximum Gasteiger partial charge on any atom is 0.326 e. The van der Waals surface area contributed by atoms with Crippen molar-refractivity contribution in [2.75, 3.05) is 11.9 Å². The van der Waals surface area contributed by atoms with Crippen LogP contribution in [0.3, 0.4) is 0 Å². The Morgan fingerprint density at radius 2 is 2.10 bits per heavy atom. The molecule has 0 bridgehead atoms. The SMILES string of the molecule is CC(C)c1cccc(NC(=O)N2CC(O)CC2C(=O)O)c1. The van der Waals surface area contributed by atoms with Crippen LogP contribution in [0.2, 0.25) is 0 Å². The van der Waals surface area contributed by atoms with Crippen molar-refractivity contribution in [3.8, 4) is 0 Å². The smallest absolute Gasteiger partial charge is 0.326 e. The predicted octanol–water partition coefficient (Wildman–Crippen LogP) is 1.86. The number of aliphatic hydroxyl groups excluding tert-OH is 1. The summed E-state index contributed by atoms with van der Waals surface area (Å²) in [6.45, 7) is 4.14. The molecule has 21 heavy (non-hydrogen) atoms. The van der Waals surface area contributed by atoms with Crippen molar-refractivity contribution in [2.24, 2.45) is 0 Å². The molecule has 0 spiro atoms. The third-order valence-corrected chi connectivity index (χ3v) is 3.63. The summed E-state index contributed by atoms with van der Waals surface area (Å²) in [5.74, 6) is -0.764. The number of β-amino-alcohol motifs (C(OH)–C–C–N with tert-alkyl or cyclic N) is 1. The van der Waals surface area contributed by atoms with Gasteiger partial charge in [-0.3, -0.25) is 0 Å². The van der Waals surface area contributed by atoms with E-state index in [0.717, 1.165) is 10.5 Å². The lowest BCUT2D eigenvalue weighted by Crippen LogP contribution is -2.43. The molecule has 6 heteroatoms. The molecule has 1 aromatic rings. The van der Waals surface area contributed by atoms with Gasteiger partial charge in [0.2, 0.25) is 0 Å². The van der Waals surface area contributed by atoms with Crippen LogP contribution >= 0.6 is 0 Å². The van der Waals surface area contributed by atoms with E-state index >= 15 is 0 Å². The minimum Gasteiger partial charge on any atom is -0.480 e. The average Bonchev–Trinajstić information content (AvgIpc) is 2.81. The molecule has 2 unspecified atom stereocenters. The highest BCUT2D eigenvalue weighted by Gasteiger charge is 2.38. The molecular weight excluding hydrogens is 272 g/mol. The Morgan fingerprint density at radius 3 is 2.71 bits per heavy atom. The molecule has 1 heterocycles. The summed E-state index contributed by atoms with van der Waals surface area (Å²) in [5, 5.41) is 21.4. The molecule has 0 saturated carbocycles. The topological polar surface area (TPSA) is 89.9 Å². The zero-order valence-electron chi connectivity index (χ0n) is 12.1. The number of benzene rings is 1. The maximum absolute atomic E-state index is 12.2. The number of carboxylic acid groups (broad SMARTS) is 1. The van der Waals surface area contributed by atoms with Crippen LogP contribution in [0.5, 0.6) is 0 Å². The highest BCUT2D eigenvalue weighted by Crippen LogP contribution is 2.22. The Balaban J connectivity index is 2.10. The quantitative estimate of drug-likeness (QED) is 0.793. The number of anilines is 1. The molecule has 1 fully saturated rings. The molecular formula is C15H20N2O4. The van der Waals surface area contributed by atoms with Crippen molar-refractivity contribution in [3.63, 3.8) is 0 Å². The van der Waals surface area contributed by atoms with E-state index in [-0.39, 0.29) is 13.0 Å². The number of hydrogen-bond donors (Lipinski definition) is 3. The largest absolute Gasteiger partial charge is 0.480 e. The molecule has 1 aliphatic rings. The van der Waals surface area contributed by atoms with Crippen molar-refractivity contribution in [1.29, 1.82) is 0 Å². The molecule has 114 valence electrons. The fourth-order valence-electron chi connectivity index (χ4n) is 2.44. The fourth-order valence-corrected chi connectivity index (χ4v) is 2.44. The molecule has 1 aliphatic heterocycles. The number of urea groups is 1. The van der Waals surface area contributed by atoms with Gasteiger partial charge in [-0.05, 0) is 23.6 Å². The highest BCUT2D eigenvalue weighted by atomic mass is 16.4. The van der Waals surface area contributed by atoms with E-state index in [4.69, 9.17) is 5.11 Å². The van der Waals surface area contributed by atoms with Gasteiger partial charge in [0.1, 0.15) is 6.04 Å². The molecule has 3 N–H and O–H groups in total. The number of nitrogens with zero attached hydrogens (tertiary/aromatic N) is 1. The van der Waals surface area contributed by atoms with Gasteiger partial charge >= 0.3 is 12.0 Å². The Morgan fingerprint density at radius 1 is 1.38 bits per heavy atom. The summed E-state index contributed by atoms with van der Waals surface area (Å²) in [5.41, 5.74) is 1.71. The normalized spacial score (nSPS) is 21.6. The first-order valence-electron chi connectivity index (χ1n) is 6.97. The lowest BCUT2D eigenvalue weighted by atomic mass is 10.0. The molecule has 0 aromatic heterocycles. The van der Waals surface area contributed by atoms with Gasteiger partial charge in [0, 0.05) is 18.7 Å². The van der Waals surface area contributed by atoms with Gasteiger partial charge in [0.25, 0.3) is 0 Å². The number of hydrogen-bond acceptors (Lipinski definition) is 3. The van der Waals surface area contributed by atoms with Gasteiger partial charge < -0.3 is 20.4 Å². The Bertz CT molecular complexity index is 544. The van der Waals surface area contributed by atoms with Crippen LogP contribution in [0.25, 0.3) is 0 Å². The number of rotatable bonds is 3. The van der Waals surface area contributed by atoms with Crippen LogP contribution < -0.4 is 5.32 Å². The Hall–Kier alpha value is -2.08. The van der Waals surface area contributed by atoms with Crippen molar-refractivity contribution < 1.29 is 19.8 Å². The molecule has 1 aromatic carbocycles. The summed E-state index contributed by atoms with van der Waals surface area (Å²) in [4.78, 5) is 24.5. The van der Waals surface area contributed by atoms with Crippen molar-refractivity contribution in [3.05, 3.63) is 29.8 Å². The number of aliphatic hydroxyl groups is 1.